The molecule has 2 heterocycles. The molecule has 2 amide bonds. The van der Waals surface area contributed by atoms with Gasteiger partial charge in [0.05, 0.1) is 25.9 Å². The molecule has 1 aliphatic rings. The first-order valence-electron chi connectivity index (χ1n) is 7.10. The summed E-state index contributed by atoms with van der Waals surface area (Å²) in [4.78, 5) is 40.2. The highest BCUT2D eigenvalue weighted by Gasteiger charge is 2.36. The van der Waals surface area contributed by atoms with Crippen molar-refractivity contribution in [2.45, 2.75) is 12.5 Å². The molecule has 2 rings (SSSR count). The number of hydrogen-bond acceptors (Lipinski definition) is 5. The second-order valence-corrected chi connectivity index (χ2v) is 5.46. The van der Waals surface area contributed by atoms with Gasteiger partial charge in [-0.3, -0.25) is 14.4 Å². The first-order chi connectivity index (χ1) is 11.0. The van der Waals surface area contributed by atoms with E-state index in [-0.39, 0.29) is 29.9 Å². The monoisotopic (exact) mass is 341 g/mol. The van der Waals surface area contributed by atoms with Gasteiger partial charge in [-0.05, 0) is 12.1 Å². The van der Waals surface area contributed by atoms with Crippen molar-refractivity contribution in [1.82, 2.24) is 10.3 Å². The van der Waals surface area contributed by atoms with Crippen molar-refractivity contribution in [1.29, 1.82) is 0 Å². The van der Waals surface area contributed by atoms with Gasteiger partial charge in [-0.25, -0.2) is 4.98 Å². The molecule has 1 aliphatic heterocycles. The van der Waals surface area contributed by atoms with Crippen LogP contribution in [0.1, 0.15) is 6.42 Å². The number of carbonyl (C=O) groups is 3. The summed E-state index contributed by atoms with van der Waals surface area (Å²) in [6.45, 7) is 1.04. The molecule has 2 atom stereocenters. The average molecular weight is 342 g/mol. The van der Waals surface area contributed by atoms with Crippen LogP contribution < -0.4 is 15.5 Å². The standard InChI is InChI=1S/C14H17ClN4O4/c1-23-12(21)7-10-14(22)17-5-6-19(10)8-11(20)18-9-3-2-4-16-13(9)15/h2-4,10H,5-8H2,1H3,(H,17,22)(H,18,20)/p+1/t10-/m0/s1. The number of ether oxygens (including phenoxy) is 1. The maximum atomic E-state index is 12.2. The summed E-state index contributed by atoms with van der Waals surface area (Å²) >= 11 is 5.89. The number of amides is 2. The molecule has 1 aromatic heterocycles. The fourth-order valence-corrected chi connectivity index (χ4v) is 2.57. The number of hydrogen-bond donors (Lipinski definition) is 3. The van der Waals surface area contributed by atoms with Gasteiger partial charge >= 0.3 is 5.97 Å². The van der Waals surface area contributed by atoms with Gasteiger partial charge < -0.3 is 20.3 Å². The quantitative estimate of drug-likeness (QED) is 0.452. The smallest absolute Gasteiger partial charge is 0.312 e. The topological polar surface area (TPSA) is 102 Å². The molecular weight excluding hydrogens is 324 g/mol. The molecule has 1 saturated heterocycles. The van der Waals surface area contributed by atoms with E-state index in [9.17, 15) is 14.4 Å². The number of esters is 1. The van der Waals surface area contributed by atoms with E-state index in [2.05, 4.69) is 20.4 Å². The van der Waals surface area contributed by atoms with Crippen LogP contribution in [0, 0.1) is 0 Å². The Hall–Kier alpha value is -2.19. The summed E-state index contributed by atoms with van der Waals surface area (Å²) in [6, 6.07) is 2.64. The van der Waals surface area contributed by atoms with Crippen LogP contribution in [0.25, 0.3) is 0 Å². The van der Waals surface area contributed by atoms with E-state index in [0.717, 1.165) is 0 Å². The number of nitrogens with zero attached hydrogens (tertiary/aromatic N) is 1. The van der Waals surface area contributed by atoms with Crippen LogP contribution in [0.15, 0.2) is 18.3 Å². The molecule has 1 unspecified atom stereocenters. The maximum Gasteiger partial charge on any atom is 0.312 e. The van der Waals surface area contributed by atoms with Crippen LogP contribution in [0.4, 0.5) is 5.69 Å². The SMILES string of the molecule is COC(=O)C[C@H]1C(=O)NCC[NH+]1CC(=O)Nc1cccnc1Cl. The number of rotatable bonds is 5. The minimum Gasteiger partial charge on any atom is -0.469 e. The van der Waals surface area contributed by atoms with Gasteiger partial charge in [0, 0.05) is 6.20 Å². The molecule has 124 valence electrons. The lowest BCUT2D eigenvalue weighted by Crippen LogP contribution is -3.20. The van der Waals surface area contributed by atoms with E-state index in [1.165, 1.54) is 13.3 Å². The van der Waals surface area contributed by atoms with E-state index in [4.69, 9.17) is 11.6 Å². The Bertz CT molecular complexity index is 610. The highest BCUT2D eigenvalue weighted by atomic mass is 35.5. The minimum absolute atomic E-state index is 0.0420. The van der Waals surface area contributed by atoms with Crippen molar-refractivity contribution in [2.24, 2.45) is 0 Å². The number of pyridine rings is 1. The Kier molecular flexibility index (Phi) is 5.89. The summed E-state index contributed by atoms with van der Waals surface area (Å²) in [5.41, 5.74) is 0.407. The number of nitrogens with one attached hydrogen (secondary N) is 3. The largest absolute Gasteiger partial charge is 0.469 e. The van der Waals surface area contributed by atoms with Crippen molar-refractivity contribution in [3.8, 4) is 0 Å². The van der Waals surface area contributed by atoms with Crippen molar-refractivity contribution in [2.75, 3.05) is 32.1 Å². The lowest BCUT2D eigenvalue weighted by molar-refractivity contribution is -0.909. The van der Waals surface area contributed by atoms with Gasteiger partial charge in [-0.2, -0.15) is 0 Å². The summed E-state index contributed by atoms with van der Waals surface area (Å²) in [5.74, 6) is -1.05. The van der Waals surface area contributed by atoms with Gasteiger partial charge in [0.1, 0.15) is 6.42 Å². The second-order valence-electron chi connectivity index (χ2n) is 5.10. The van der Waals surface area contributed by atoms with Gasteiger partial charge in [-0.15, -0.1) is 0 Å². The molecule has 0 radical (unpaired) electrons. The Morgan fingerprint density at radius 2 is 2.35 bits per heavy atom. The summed E-state index contributed by atoms with van der Waals surface area (Å²) in [5, 5.41) is 5.54. The third-order valence-electron chi connectivity index (χ3n) is 3.57. The lowest BCUT2D eigenvalue weighted by atomic mass is 10.1. The van der Waals surface area contributed by atoms with Gasteiger partial charge in [0.25, 0.3) is 11.8 Å². The van der Waals surface area contributed by atoms with E-state index in [1.807, 2.05) is 0 Å². The van der Waals surface area contributed by atoms with Crippen LogP contribution in [0.3, 0.4) is 0 Å². The average Bonchev–Trinajstić information content (AvgIpc) is 2.52. The zero-order valence-electron chi connectivity index (χ0n) is 12.6. The Balaban J connectivity index is 2.01. The fourth-order valence-electron chi connectivity index (χ4n) is 2.41. The molecule has 0 saturated carbocycles. The van der Waals surface area contributed by atoms with E-state index in [0.29, 0.717) is 23.7 Å². The van der Waals surface area contributed by atoms with Crippen molar-refractivity contribution in [3.05, 3.63) is 23.5 Å². The number of piperazine rings is 1. The van der Waals surface area contributed by atoms with Gasteiger partial charge in [-0.1, -0.05) is 11.6 Å². The minimum atomic E-state index is -0.647. The van der Waals surface area contributed by atoms with Crippen LogP contribution in [-0.2, 0) is 19.1 Å². The molecule has 1 aromatic rings. The van der Waals surface area contributed by atoms with Crippen molar-refractivity contribution < 1.29 is 24.0 Å². The third-order valence-corrected chi connectivity index (χ3v) is 3.88. The van der Waals surface area contributed by atoms with E-state index >= 15 is 0 Å². The molecular formula is C14H18ClN4O4+. The van der Waals surface area contributed by atoms with E-state index in [1.54, 1.807) is 12.1 Å². The van der Waals surface area contributed by atoms with Crippen molar-refractivity contribution >= 4 is 35.1 Å². The number of anilines is 1. The number of methoxy groups -OCH3 is 1. The molecule has 0 spiro atoms. The predicted octanol–water partition coefficient (Wildman–Crippen LogP) is -1.38. The third kappa shape index (κ3) is 4.64. The highest BCUT2D eigenvalue weighted by molar-refractivity contribution is 6.32. The number of carbonyl (C=O) groups excluding carboxylic acids is 3. The molecule has 0 aromatic carbocycles. The molecule has 23 heavy (non-hydrogen) atoms. The molecule has 9 heteroatoms. The zero-order valence-corrected chi connectivity index (χ0v) is 13.4. The Labute approximate surface area is 138 Å². The fraction of sp³-hybridized carbons (Fsp3) is 0.429. The van der Waals surface area contributed by atoms with Crippen LogP contribution in [0.2, 0.25) is 5.15 Å². The first kappa shape index (κ1) is 17.2. The Morgan fingerprint density at radius 1 is 1.57 bits per heavy atom. The normalized spacial score (nSPS) is 20.5. The zero-order chi connectivity index (χ0) is 16.8. The van der Waals surface area contributed by atoms with Gasteiger partial charge in [0.2, 0.25) is 0 Å². The Morgan fingerprint density at radius 3 is 3.04 bits per heavy atom. The lowest BCUT2D eigenvalue weighted by Gasteiger charge is -2.30. The highest BCUT2D eigenvalue weighted by Crippen LogP contribution is 2.16. The molecule has 1 fully saturated rings. The maximum absolute atomic E-state index is 12.2. The molecule has 0 aliphatic carbocycles. The van der Waals surface area contributed by atoms with E-state index < -0.39 is 12.0 Å². The van der Waals surface area contributed by atoms with Crippen LogP contribution >= 0.6 is 11.6 Å². The van der Waals surface area contributed by atoms with Crippen LogP contribution in [-0.4, -0.2) is 55.6 Å². The summed E-state index contributed by atoms with van der Waals surface area (Å²) in [6.07, 6.45) is 1.45. The summed E-state index contributed by atoms with van der Waals surface area (Å²) < 4.78 is 4.61. The van der Waals surface area contributed by atoms with Gasteiger partial charge in [0.15, 0.2) is 17.7 Å². The second kappa shape index (κ2) is 7.89. The van der Waals surface area contributed by atoms with Crippen LogP contribution in [0.5, 0.6) is 0 Å². The predicted molar refractivity (Wildman–Crippen MR) is 82.0 cm³/mol. The number of aromatic nitrogens is 1. The molecule has 0 bridgehead atoms. The summed E-state index contributed by atoms with van der Waals surface area (Å²) in [7, 11) is 1.26. The number of quaternary nitrogens is 1. The number of halogens is 1. The molecule has 8 nitrogen and oxygen atoms in total. The first-order valence-corrected chi connectivity index (χ1v) is 7.48. The van der Waals surface area contributed by atoms with Crippen molar-refractivity contribution in [3.63, 3.8) is 0 Å². The molecule has 3 N–H and O–H groups in total.